The lowest BCUT2D eigenvalue weighted by molar-refractivity contribution is -0.142. The van der Waals surface area contributed by atoms with E-state index < -0.39 is 5.97 Å². The topological polar surface area (TPSA) is 71.5 Å². The minimum atomic E-state index is -0.401. The highest BCUT2D eigenvalue weighted by molar-refractivity contribution is 6.36. The highest BCUT2D eigenvalue weighted by atomic mass is 35.5. The summed E-state index contributed by atoms with van der Waals surface area (Å²) in [6.45, 7) is 2.45. The number of anilines is 1. The summed E-state index contributed by atoms with van der Waals surface area (Å²) in [7, 11) is 1.30. The van der Waals surface area contributed by atoms with Gasteiger partial charge in [0.15, 0.2) is 5.82 Å². The molecule has 0 aliphatic rings. The molecular weight excluding hydrogens is 305 g/mol. The van der Waals surface area contributed by atoms with Crippen molar-refractivity contribution in [3.05, 3.63) is 22.3 Å². The number of carbonyl (C=O) groups excluding carboxylic acids is 2. The van der Waals surface area contributed by atoms with Gasteiger partial charge in [0.25, 0.3) is 0 Å². The maximum absolute atomic E-state index is 11.9. The van der Waals surface area contributed by atoms with E-state index in [-0.39, 0.29) is 29.8 Å². The summed E-state index contributed by atoms with van der Waals surface area (Å²) in [6.07, 6.45) is 1.38. The number of pyridine rings is 1. The molecule has 1 heterocycles. The Morgan fingerprint density at radius 3 is 2.65 bits per heavy atom. The molecule has 1 amide bonds. The Kier molecular flexibility index (Phi) is 6.70. The molecule has 6 nitrogen and oxygen atoms in total. The number of amides is 1. The van der Waals surface area contributed by atoms with E-state index in [2.05, 4.69) is 15.0 Å². The van der Waals surface area contributed by atoms with Crippen LogP contribution in [0.2, 0.25) is 10.0 Å². The molecule has 1 aromatic rings. The standard InChI is InChI=1S/C12H15Cl2N3O3/c1-3-17(7-11(19)20-2)6-10(18)16-12-9(14)4-8(13)5-15-12/h4-5H,3,6-7H2,1-2H3,(H,15,16,18). The van der Waals surface area contributed by atoms with Crippen LogP contribution in [0.4, 0.5) is 5.82 Å². The Bertz CT molecular complexity index is 497. The van der Waals surface area contributed by atoms with E-state index in [4.69, 9.17) is 23.2 Å². The third kappa shape index (κ3) is 5.32. The SMILES string of the molecule is CCN(CC(=O)Nc1ncc(Cl)cc1Cl)CC(=O)OC. The number of ether oxygens (including phenoxy) is 1. The first-order chi connectivity index (χ1) is 9.46. The van der Waals surface area contributed by atoms with Crippen molar-refractivity contribution in [2.45, 2.75) is 6.92 Å². The highest BCUT2D eigenvalue weighted by Crippen LogP contribution is 2.22. The van der Waals surface area contributed by atoms with E-state index in [9.17, 15) is 9.59 Å². The fourth-order valence-corrected chi connectivity index (χ4v) is 1.84. The van der Waals surface area contributed by atoms with Gasteiger partial charge in [0.05, 0.1) is 30.2 Å². The van der Waals surface area contributed by atoms with Gasteiger partial charge in [-0.1, -0.05) is 30.1 Å². The quantitative estimate of drug-likeness (QED) is 0.810. The van der Waals surface area contributed by atoms with Crippen molar-refractivity contribution in [3.63, 3.8) is 0 Å². The number of hydrogen-bond donors (Lipinski definition) is 1. The third-order valence-corrected chi connectivity index (χ3v) is 2.96. The molecule has 0 aromatic carbocycles. The molecule has 8 heteroatoms. The smallest absolute Gasteiger partial charge is 0.319 e. The van der Waals surface area contributed by atoms with Crippen LogP contribution in [0.1, 0.15) is 6.92 Å². The molecule has 0 atom stereocenters. The first-order valence-corrected chi connectivity index (χ1v) is 6.62. The minimum Gasteiger partial charge on any atom is -0.468 e. The maximum Gasteiger partial charge on any atom is 0.319 e. The normalized spacial score (nSPS) is 10.4. The molecule has 110 valence electrons. The third-order valence-electron chi connectivity index (χ3n) is 2.46. The molecule has 0 fully saturated rings. The van der Waals surface area contributed by atoms with E-state index in [1.165, 1.54) is 19.4 Å². The van der Waals surface area contributed by atoms with Crippen molar-refractivity contribution in [1.29, 1.82) is 0 Å². The van der Waals surface area contributed by atoms with Crippen LogP contribution < -0.4 is 5.32 Å². The molecule has 0 bridgehead atoms. The van der Waals surface area contributed by atoms with E-state index in [0.29, 0.717) is 11.6 Å². The fourth-order valence-electron chi connectivity index (χ4n) is 1.41. The van der Waals surface area contributed by atoms with Gasteiger partial charge < -0.3 is 10.1 Å². The van der Waals surface area contributed by atoms with Gasteiger partial charge in [-0.3, -0.25) is 14.5 Å². The van der Waals surface area contributed by atoms with Gasteiger partial charge in [-0.05, 0) is 12.6 Å². The monoisotopic (exact) mass is 319 g/mol. The molecule has 1 N–H and O–H groups in total. The van der Waals surface area contributed by atoms with Crippen LogP contribution in [0.3, 0.4) is 0 Å². The molecule has 20 heavy (non-hydrogen) atoms. The number of hydrogen-bond acceptors (Lipinski definition) is 5. The van der Waals surface area contributed by atoms with Crippen molar-refractivity contribution in [1.82, 2.24) is 9.88 Å². The zero-order valence-electron chi connectivity index (χ0n) is 11.2. The van der Waals surface area contributed by atoms with E-state index in [1.54, 1.807) is 4.90 Å². The van der Waals surface area contributed by atoms with Gasteiger partial charge >= 0.3 is 5.97 Å². The first-order valence-electron chi connectivity index (χ1n) is 5.86. The Morgan fingerprint density at radius 2 is 2.10 bits per heavy atom. The van der Waals surface area contributed by atoms with Crippen molar-refractivity contribution >= 4 is 40.9 Å². The van der Waals surface area contributed by atoms with Crippen molar-refractivity contribution < 1.29 is 14.3 Å². The summed E-state index contributed by atoms with van der Waals surface area (Å²) in [4.78, 5) is 28.6. The minimum absolute atomic E-state index is 0.0340. The summed E-state index contributed by atoms with van der Waals surface area (Å²) >= 11 is 11.6. The van der Waals surface area contributed by atoms with E-state index in [0.717, 1.165) is 0 Å². The Hall–Kier alpha value is -1.37. The maximum atomic E-state index is 11.9. The Morgan fingerprint density at radius 1 is 1.40 bits per heavy atom. The first kappa shape index (κ1) is 16.7. The molecule has 1 aromatic heterocycles. The summed E-state index contributed by atoms with van der Waals surface area (Å²) in [6, 6.07) is 1.48. The van der Waals surface area contributed by atoms with Gasteiger partial charge in [-0.2, -0.15) is 0 Å². The zero-order valence-corrected chi connectivity index (χ0v) is 12.7. The van der Waals surface area contributed by atoms with Gasteiger partial charge in [-0.25, -0.2) is 4.98 Å². The largest absolute Gasteiger partial charge is 0.468 e. The summed E-state index contributed by atoms with van der Waals surface area (Å²) in [5, 5.41) is 3.19. The van der Waals surface area contributed by atoms with Crippen molar-refractivity contribution in [2.75, 3.05) is 32.1 Å². The zero-order chi connectivity index (χ0) is 15.1. The lowest BCUT2D eigenvalue weighted by atomic mass is 10.4. The van der Waals surface area contributed by atoms with Crippen LogP contribution in [-0.2, 0) is 14.3 Å². The number of aromatic nitrogens is 1. The number of esters is 1. The lowest BCUT2D eigenvalue weighted by Gasteiger charge is -2.18. The lowest BCUT2D eigenvalue weighted by Crippen LogP contribution is -2.37. The van der Waals surface area contributed by atoms with Gasteiger partial charge in [0.1, 0.15) is 0 Å². The van der Waals surface area contributed by atoms with Gasteiger partial charge in [0.2, 0.25) is 5.91 Å². The second-order valence-electron chi connectivity index (χ2n) is 3.91. The predicted octanol–water partition coefficient (Wildman–Crippen LogP) is 1.82. The number of methoxy groups -OCH3 is 1. The Labute approximate surface area is 127 Å². The molecule has 0 unspecified atom stereocenters. The number of nitrogens with zero attached hydrogens (tertiary/aromatic N) is 2. The number of carbonyl (C=O) groups is 2. The van der Waals surface area contributed by atoms with Crippen molar-refractivity contribution in [2.24, 2.45) is 0 Å². The van der Waals surface area contributed by atoms with E-state index in [1.807, 2.05) is 6.92 Å². The molecule has 0 spiro atoms. The number of halogens is 2. The second-order valence-corrected chi connectivity index (χ2v) is 4.76. The fraction of sp³-hybridized carbons (Fsp3) is 0.417. The molecule has 0 saturated heterocycles. The molecule has 0 radical (unpaired) electrons. The van der Waals surface area contributed by atoms with Crippen LogP contribution in [0, 0.1) is 0 Å². The van der Waals surface area contributed by atoms with Gasteiger partial charge in [0, 0.05) is 6.20 Å². The Balaban J connectivity index is 2.59. The average molecular weight is 320 g/mol. The molecule has 0 aliphatic carbocycles. The van der Waals surface area contributed by atoms with Crippen molar-refractivity contribution in [3.8, 4) is 0 Å². The van der Waals surface area contributed by atoms with Crippen LogP contribution in [0.15, 0.2) is 12.3 Å². The molecular formula is C12H15Cl2N3O3. The molecule has 1 rings (SSSR count). The van der Waals surface area contributed by atoms with Crippen LogP contribution >= 0.6 is 23.2 Å². The van der Waals surface area contributed by atoms with Crippen LogP contribution in [0.5, 0.6) is 0 Å². The second kappa shape index (κ2) is 8.04. The number of likely N-dealkylation sites (N-methyl/N-ethyl adjacent to an activating group) is 1. The summed E-state index contributed by atoms with van der Waals surface area (Å²) in [5.41, 5.74) is 0. The average Bonchev–Trinajstić information content (AvgIpc) is 2.41. The number of rotatable bonds is 6. The van der Waals surface area contributed by atoms with Crippen LogP contribution in [-0.4, -0.2) is 48.5 Å². The summed E-state index contributed by atoms with van der Waals surface area (Å²) in [5.74, 6) is -0.495. The van der Waals surface area contributed by atoms with Crippen LogP contribution in [0.25, 0.3) is 0 Å². The molecule has 0 saturated carbocycles. The summed E-state index contributed by atoms with van der Waals surface area (Å²) < 4.78 is 4.55. The van der Waals surface area contributed by atoms with Gasteiger partial charge in [-0.15, -0.1) is 0 Å². The highest BCUT2D eigenvalue weighted by Gasteiger charge is 2.14. The number of nitrogens with one attached hydrogen (secondary N) is 1. The van der Waals surface area contributed by atoms with E-state index >= 15 is 0 Å². The predicted molar refractivity (Wildman–Crippen MR) is 77.0 cm³/mol. The molecule has 0 aliphatic heterocycles.